The molecule has 1 aromatic heterocycles. The Labute approximate surface area is 150 Å². The van der Waals surface area contributed by atoms with E-state index in [9.17, 15) is 9.59 Å². The molecule has 1 aromatic carbocycles. The van der Waals surface area contributed by atoms with Crippen molar-refractivity contribution >= 4 is 29.1 Å². The van der Waals surface area contributed by atoms with Crippen LogP contribution in [0.3, 0.4) is 0 Å². The van der Waals surface area contributed by atoms with Crippen molar-refractivity contribution in [3.63, 3.8) is 0 Å². The second kappa shape index (κ2) is 8.74. The minimum atomic E-state index is -0.435. The second-order valence-corrected chi connectivity index (χ2v) is 5.66. The van der Waals surface area contributed by atoms with E-state index in [1.807, 2.05) is 32.0 Å². The molecule has 7 nitrogen and oxygen atoms in total. The highest BCUT2D eigenvalue weighted by Crippen LogP contribution is 2.18. The van der Waals surface area contributed by atoms with Crippen LogP contribution in [0.2, 0.25) is 0 Å². The zero-order valence-electron chi connectivity index (χ0n) is 13.8. The standard InChI is InChI=1S/C17H18N4O3S/c1-11-3-4-14(12(2)9-11)24-10-15(22)19-17(25)21-20-16(23)13-5-7-18-8-6-13/h3-9H,10H2,1-2H3,(H,20,23)(H2,19,21,22,25). The number of rotatable bonds is 4. The molecule has 25 heavy (non-hydrogen) atoms. The predicted octanol–water partition coefficient (Wildman–Crippen LogP) is 1.41. The van der Waals surface area contributed by atoms with Crippen molar-refractivity contribution in [1.82, 2.24) is 21.2 Å². The molecule has 0 aliphatic rings. The maximum Gasteiger partial charge on any atom is 0.269 e. The van der Waals surface area contributed by atoms with Crippen molar-refractivity contribution in [2.24, 2.45) is 0 Å². The number of nitrogens with zero attached hydrogens (tertiary/aromatic N) is 1. The van der Waals surface area contributed by atoms with Crippen LogP contribution in [0.15, 0.2) is 42.7 Å². The van der Waals surface area contributed by atoms with Gasteiger partial charge in [-0.25, -0.2) is 0 Å². The van der Waals surface area contributed by atoms with Gasteiger partial charge in [-0.3, -0.25) is 30.7 Å². The molecule has 0 aliphatic carbocycles. The molecule has 2 amide bonds. The van der Waals surface area contributed by atoms with Crippen LogP contribution in [-0.4, -0.2) is 28.5 Å². The van der Waals surface area contributed by atoms with Crippen LogP contribution in [0.5, 0.6) is 5.75 Å². The lowest BCUT2D eigenvalue weighted by Crippen LogP contribution is -2.49. The normalized spacial score (nSPS) is 9.84. The largest absolute Gasteiger partial charge is 0.483 e. The number of aromatic nitrogens is 1. The molecule has 0 bridgehead atoms. The summed E-state index contributed by atoms with van der Waals surface area (Å²) < 4.78 is 5.46. The minimum Gasteiger partial charge on any atom is -0.483 e. The van der Waals surface area contributed by atoms with Crippen molar-refractivity contribution in [1.29, 1.82) is 0 Å². The van der Waals surface area contributed by atoms with E-state index in [1.54, 1.807) is 12.1 Å². The van der Waals surface area contributed by atoms with Gasteiger partial charge in [-0.2, -0.15) is 0 Å². The van der Waals surface area contributed by atoms with Crippen LogP contribution in [0.1, 0.15) is 21.5 Å². The summed E-state index contributed by atoms with van der Waals surface area (Å²) in [4.78, 5) is 27.5. The Balaban J connectivity index is 1.74. The number of hydrogen-bond acceptors (Lipinski definition) is 5. The quantitative estimate of drug-likeness (QED) is 0.565. The molecule has 0 aliphatic heterocycles. The average molecular weight is 358 g/mol. The van der Waals surface area contributed by atoms with E-state index >= 15 is 0 Å². The lowest BCUT2D eigenvalue weighted by atomic mass is 10.1. The van der Waals surface area contributed by atoms with Gasteiger partial charge < -0.3 is 4.74 Å². The number of hydrogen-bond donors (Lipinski definition) is 3. The number of aryl methyl sites for hydroxylation is 2. The van der Waals surface area contributed by atoms with E-state index in [0.717, 1.165) is 11.1 Å². The van der Waals surface area contributed by atoms with Gasteiger partial charge in [0, 0.05) is 18.0 Å². The van der Waals surface area contributed by atoms with E-state index in [4.69, 9.17) is 17.0 Å². The molecule has 2 aromatic rings. The summed E-state index contributed by atoms with van der Waals surface area (Å²) in [6, 6.07) is 8.78. The van der Waals surface area contributed by atoms with Crippen LogP contribution in [-0.2, 0) is 4.79 Å². The third-order valence-electron chi connectivity index (χ3n) is 3.17. The summed E-state index contributed by atoms with van der Waals surface area (Å²) in [5.41, 5.74) is 7.30. The van der Waals surface area contributed by atoms with E-state index in [1.165, 1.54) is 12.4 Å². The number of amides is 2. The fourth-order valence-corrected chi connectivity index (χ4v) is 2.15. The molecule has 0 atom stereocenters. The zero-order chi connectivity index (χ0) is 18.2. The van der Waals surface area contributed by atoms with Crippen molar-refractivity contribution in [3.05, 3.63) is 59.4 Å². The summed E-state index contributed by atoms with van der Waals surface area (Å²) in [6.07, 6.45) is 3.00. The van der Waals surface area contributed by atoms with Crippen molar-refractivity contribution in [2.75, 3.05) is 6.61 Å². The topological polar surface area (TPSA) is 92.4 Å². The van der Waals surface area contributed by atoms with Crippen molar-refractivity contribution in [2.45, 2.75) is 13.8 Å². The predicted molar refractivity (Wildman–Crippen MR) is 97.0 cm³/mol. The highest BCUT2D eigenvalue weighted by Gasteiger charge is 2.09. The molecule has 0 fully saturated rings. The Kier molecular flexibility index (Phi) is 6.41. The molecule has 0 spiro atoms. The van der Waals surface area contributed by atoms with Gasteiger partial charge in [-0.15, -0.1) is 0 Å². The fourth-order valence-electron chi connectivity index (χ4n) is 1.99. The van der Waals surface area contributed by atoms with Gasteiger partial charge in [0.2, 0.25) is 0 Å². The average Bonchev–Trinajstić information content (AvgIpc) is 2.59. The summed E-state index contributed by atoms with van der Waals surface area (Å²) in [5.74, 6) is -0.202. The van der Waals surface area contributed by atoms with E-state index in [0.29, 0.717) is 11.3 Å². The number of nitrogens with one attached hydrogen (secondary N) is 3. The molecule has 2 rings (SSSR count). The summed E-state index contributed by atoms with van der Waals surface area (Å²) in [5, 5.41) is 2.39. The first-order valence-electron chi connectivity index (χ1n) is 7.46. The first kappa shape index (κ1) is 18.3. The number of carbonyl (C=O) groups is 2. The fraction of sp³-hybridized carbons (Fsp3) is 0.176. The highest BCUT2D eigenvalue weighted by molar-refractivity contribution is 7.80. The van der Waals surface area contributed by atoms with Gasteiger partial charge in [0.1, 0.15) is 5.75 Å². The van der Waals surface area contributed by atoms with Gasteiger partial charge >= 0.3 is 0 Å². The maximum atomic E-state index is 11.8. The first-order valence-corrected chi connectivity index (χ1v) is 7.87. The Hall–Kier alpha value is -3.00. The van der Waals surface area contributed by atoms with Gasteiger partial charge in [0.25, 0.3) is 11.8 Å². The Morgan fingerprint density at radius 3 is 2.52 bits per heavy atom. The Morgan fingerprint density at radius 1 is 1.12 bits per heavy atom. The monoisotopic (exact) mass is 358 g/mol. The van der Waals surface area contributed by atoms with Crippen LogP contribution in [0, 0.1) is 13.8 Å². The third kappa shape index (κ3) is 5.85. The summed E-state index contributed by atoms with van der Waals surface area (Å²) >= 11 is 4.95. The molecular formula is C17H18N4O3S. The molecule has 0 radical (unpaired) electrons. The number of thiocarbonyl (C=S) groups is 1. The molecule has 0 saturated carbocycles. The molecule has 0 saturated heterocycles. The number of carbonyl (C=O) groups excluding carboxylic acids is 2. The first-order chi connectivity index (χ1) is 12.0. The Bertz CT molecular complexity index is 781. The molecule has 0 unspecified atom stereocenters. The van der Waals surface area contributed by atoms with Crippen LogP contribution in [0.25, 0.3) is 0 Å². The molecule has 130 valence electrons. The maximum absolute atomic E-state index is 11.8. The lowest BCUT2D eigenvalue weighted by Gasteiger charge is -2.12. The second-order valence-electron chi connectivity index (χ2n) is 5.25. The number of benzene rings is 1. The summed E-state index contributed by atoms with van der Waals surface area (Å²) in [6.45, 7) is 3.69. The zero-order valence-corrected chi connectivity index (χ0v) is 14.6. The van der Waals surface area contributed by atoms with Crippen molar-refractivity contribution < 1.29 is 14.3 Å². The van der Waals surface area contributed by atoms with E-state index < -0.39 is 11.8 Å². The van der Waals surface area contributed by atoms with Gasteiger partial charge in [-0.1, -0.05) is 17.7 Å². The van der Waals surface area contributed by atoms with Crippen LogP contribution >= 0.6 is 12.2 Å². The summed E-state index contributed by atoms with van der Waals surface area (Å²) in [7, 11) is 0. The van der Waals surface area contributed by atoms with E-state index in [2.05, 4.69) is 21.2 Å². The number of hydrazine groups is 1. The molecule has 3 N–H and O–H groups in total. The molecular weight excluding hydrogens is 340 g/mol. The molecule has 1 heterocycles. The van der Waals surface area contributed by atoms with Crippen molar-refractivity contribution in [3.8, 4) is 5.75 Å². The lowest BCUT2D eigenvalue weighted by molar-refractivity contribution is -0.121. The number of pyridine rings is 1. The van der Waals surface area contributed by atoms with Gasteiger partial charge in [0.15, 0.2) is 11.7 Å². The SMILES string of the molecule is Cc1ccc(OCC(=O)NC(=S)NNC(=O)c2ccncc2)c(C)c1. The van der Waals surface area contributed by atoms with Crippen LogP contribution in [0.4, 0.5) is 0 Å². The van der Waals surface area contributed by atoms with Gasteiger partial charge in [-0.05, 0) is 49.8 Å². The number of ether oxygens (including phenoxy) is 1. The van der Waals surface area contributed by atoms with Crippen LogP contribution < -0.4 is 20.9 Å². The van der Waals surface area contributed by atoms with E-state index in [-0.39, 0.29) is 11.7 Å². The minimum absolute atomic E-state index is 0.0309. The van der Waals surface area contributed by atoms with Gasteiger partial charge in [0.05, 0.1) is 0 Å². The Morgan fingerprint density at radius 2 is 1.84 bits per heavy atom. The smallest absolute Gasteiger partial charge is 0.269 e. The third-order valence-corrected chi connectivity index (χ3v) is 3.38. The molecule has 8 heteroatoms. The highest BCUT2D eigenvalue weighted by atomic mass is 32.1.